The van der Waals surface area contributed by atoms with Crippen molar-refractivity contribution in [3.63, 3.8) is 0 Å². The third kappa shape index (κ3) is 1.67. The first kappa shape index (κ1) is 11.0. The number of aromatic nitrogens is 2. The second kappa shape index (κ2) is 3.82. The molecule has 0 saturated carbocycles. The first-order chi connectivity index (χ1) is 7.50. The molecule has 2 aromatic heterocycles. The van der Waals surface area contributed by atoms with Gasteiger partial charge in [-0.2, -0.15) is 0 Å². The number of aryl methyl sites for hydroxylation is 1. The van der Waals surface area contributed by atoms with E-state index in [-0.39, 0.29) is 0 Å². The maximum absolute atomic E-state index is 12.2. The number of alkyl halides is 2. The van der Waals surface area contributed by atoms with Crippen LogP contribution in [-0.4, -0.2) is 16.0 Å². The number of H-pyrrole nitrogens is 1. The molecule has 0 spiro atoms. The molecule has 2 rings (SSSR count). The molecule has 86 valence electrons. The monoisotopic (exact) mass is 246 g/mol. The van der Waals surface area contributed by atoms with Crippen LogP contribution >= 0.6 is 11.3 Å². The van der Waals surface area contributed by atoms with Gasteiger partial charge in [0.1, 0.15) is 4.83 Å². The summed E-state index contributed by atoms with van der Waals surface area (Å²) in [6, 6.07) is 0. The lowest BCUT2D eigenvalue weighted by atomic mass is 10.3. The van der Waals surface area contributed by atoms with Crippen LogP contribution in [-0.2, 0) is 6.54 Å². The molecule has 0 aliphatic heterocycles. The Labute approximate surface area is 92.2 Å². The van der Waals surface area contributed by atoms with Crippen molar-refractivity contribution in [1.82, 2.24) is 9.55 Å². The Morgan fingerprint density at radius 1 is 1.50 bits per heavy atom. The fourth-order valence-electron chi connectivity index (χ4n) is 1.50. The number of halogens is 2. The lowest BCUT2D eigenvalue weighted by Crippen LogP contribution is -2.36. The van der Waals surface area contributed by atoms with E-state index in [1.54, 1.807) is 12.3 Å². The van der Waals surface area contributed by atoms with E-state index in [9.17, 15) is 18.4 Å². The van der Waals surface area contributed by atoms with Gasteiger partial charge in [-0.15, -0.1) is 11.3 Å². The molecule has 7 heteroatoms. The Balaban J connectivity index is 2.79. The molecule has 0 unspecified atom stereocenters. The quantitative estimate of drug-likeness (QED) is 0.869. The van der Waals surface area contributed by atoms with Crippen molar-refractivity contribution in [2.75, 3.05) is 0 Å². The molecule has 0 aliphatic rings. The molecule has 0 bridgehead atoms. The predicted octanol–water partition coefficient (Wildman–Crippen LogP) is 1.32. The Hall–Kier alpha value is -1.50. The zero-order valence-electron chi connectivity index (χ0n) is 8.29. The fourth-order valence-corrected chi connectivity index (χ4v) is 2.42. The topological polar surface area (TPSA) is 54.9 Å². The third-order valence-corrected chi connectivity index (χ3v) is 3.23. The number of nitrogens with one attached hydrogen (secondary N) is 1. The molecule has 2 heterocycles. The summed E-state index contributed by atoms with van der Waals surface area (Å²) in [5.41, 5.74) is -0.762. The molecule has 0 saturated heterocycles. The van der Waals surface area contributed by atoms with E-state index in [0.717, 1.165) is 0 Å². The third-order valence-electron chi connectivity index (χ3n) is 2.22. The van der Waals surface area contributed by atoms with Crippen LogP contribution in [0, 0.1) is 6.92 Å². The highest BCUT2D eigenvalue weighted by atomic mass is 32.1. The SMILES string of the molecule is Cc1csc2[nH]c(=O)n(CC(F)F)c(=O)c12. The number of thiophene rings is 1. The standard InChI is InChI=1S/C9H8F2N2O2S/c1-4-3-16-7-6(4)8(14)13(2-5(10)11)9(15)12-7/h3,5H,2H2,1H3,(H,12,15). The van der Waals surface area contributed by atoms with Gasteiger partial charge in [0.05, 0.1) is 11.9 Å². The fraction of sp³-hybridized carbons (Fsp3) is 0.333. The van der Waals surface area contributed by atoms with Crippen molar-refractivity contribution < 1.29 is 8.78 Å². The van der Waals surface area contributed by atoms with Crippen LogP contribution in [0.5, 0.6) is 0 Å². The minimum Gasteiger partial charge on any atom is -0.298 e. The smallest absolute Gasteiger partial charge is 0.298 e. The Bertz CT molecular complexity index is 641. The van der Waals surface area contributed by atoms with Gasteiger partial charge in [-0.1, -0.05) is 0 Å². The van der Waals surface area contributed by atoms with Gasteiger partial charge in [-0.25, -0.2) is 13.6 Å². The maximum Gasteiger partial charge on any atom is 0.329 e. The lowest BCUT2D eigenvalue weighted by Gasteiger charge is -2.03. The molecule has 2 aromatic rings. The molecule has 0 fully saturated rings. The van der Waals surface area contributed by atoms with Crippen molar-refractivity contribution in [3.8, 4) is 0 Å². The summed E-state index contributed by atoms with van der Waals surface area (Å²) in [5.74, 6) is 0. The number of fused-ring (bicyclic) bond motifs is 1. The summed E-state index contributed by atoms with van der Waals surface area (Å²) in [6.07, 6.45) is -2.73. The van der Waals surface area contributed by atoms with Crippen molar-refractivity contribution >= 4 is 21.6 Å². The highest BCUT2D eigenvalue weighted by Gasteiger charge is 2.14. The van der Waals surface area contributed by atoms with E-state index in [4.69, 9.17) is 0 Å². The average molecular weight is 246 g/mol. The second-order valence-electron chi connectivity index (χ2n) is 3.36. The van der Waals surface area contributed by atoms with Gasteiger partial charge in [-0.3, -0.25) is 14.3 Å². The summed E-state index contributed by atoms with van der Waals surface area (Å²) in [6.45, 7) is 0.824. The number of rotatable bonds is 2. The Kier molecular flexibility index (Phi) is 2.63. The molecule has 0 radical (unpaired) electrons. The van der Waals surface area contributed by atoms with Gasteiger partial charge in [0.2, 0.25) is 0 Å². The van der Waals surface area contributed by atoms with Crippen LogP contribution in [0.3, 0.4) is 0 Å². The maximum atomic E-state index is 12.2. The van der Waals surface area contributed by atoms with Gasteiger partial charge in [0, 0.05) is 0 Å². The minimum absolute atomic E-state index is 0.310. The highest BCUT2D eigenvalue weighted by molar-refractivity contribution is 7.16. The Morgan fingerprint density at radius 3 is 2.81 bits per heavy atom. The molecule has 0 amide bonds. The average Bonchev–Trinajstić information content (AvgIpc) is 2.54. The zero-order chi connectivity index (χ0) is 11.9. The van der Waals surface area contributed by atoms with Crippen LogP contribution in [0.15, 0.2) is 15.0 Å². The number of hydrogen-bond acceptors (Lipinski definition) is 3. The normalized spacial score (nSPS) is 11.5. The summed E-state index contributed by atoms with van der Waals surface area (Å²) in [4.78, 5) is 26.0. The Morgan fingerprint density at radius 2 is 2.19 bits per heavy atom. The van der Waals surface area contributed by atoms with Gasteiger partial charge >= 0.3 is 5.69 Å². The van der Waals surface area contributed by atoms with Crippen LogP contribution in [0.4, 0.5) is 8.78 Å². The summed E-state index contributed by atoms with van der Waals surface area (Å²) in [5, 5.41) is 2.01. The number of aromatic amines is 1. The molecule has 0 atom stereocenters. The van der Waals surface area contributed by atoms with Crippen LogP contribution in [0.2, 0.25) is 0 Å². The number of hydrogen-bond donors (Lipinski definition) is 1. The predicted molar refractivity (Wildman–Crippen MR) is 57.4 cm³/mol. The molecule has 0 aliphatic carbocycles. The second-order valence-corrected chi connectivity index (χ2v) is 4.24. The number of nitrogens with zero attached hydrogens (tertiary/aromatic N) is 1. The van der Waals surface area contributed by atoms with Crippen molar-refractivity contribution in [3.05, 3.63) is 31.8 Å². The molecular weight excluding hydrogens is 238 g/mol. The molecule has 0 aromatic carbocycles. The molecule has 1 N–H and O–H groups in total. The van der Waals surface area contributed by atoms with Crippen molar-refractivity contribution in [1.29, 1.82) is 0 Å². The first-order valence-electron chi connectivity index (χ1n) is 4.49. The van der Waals surface area contributed by atoms with E-state index in [0.29, 0.717) is 20.3 Å². The van der Waals surface area contributed by atoms with Gasteiger partial charge in [0.25, 0.3) is 12.0 Å². The zero-order valence-corrected chi connectivity index (χ0v) is 9.11. The van der Waals surface area contributed by atoms with Crippen LogP contribution in [0.25, 0.3) is 10.2 Å². The highest BCUT2D eigenvalue weighted by Crippen LogP contribution is 2.18. The van der Waals surface area contributed by atoms with E-state index < -0.39 is 24.2 Å². The van der Waals surface area contributed by atoms with Gasteiger partial charge in [0.15, 0.2) is 0 Å². The van der Waals surface area contributed by atoms with E-state index in [1.807, 2.05) is 0 Å². The summed E-state index contributed by atoms with van der Waals surface area (Å²) >= 11 is 1.21. The largest absolute Gasteiger partial charge is 0.329 e. The van der Waals surface area contributed by atoms with E-state index in [1.165, 1.54) is 11.3 Å². The summed E-state index contributed by atoms with van der Waals surface area (Å²) in [7, 11) is 0. The van der Waals surface area contributed by atoms with Crippen molar-refractivity contribution in [2.24, 2.45) is 0 Å². The summed E-state index contributed by atoms with van der Waals surface area (Å²) < 4.78 is 24.9. The molecule has 16 heavy (non-hydrogen) atoms. The van der Waals surface area contributed by atoms with Crippen molar-refractivity contribution in [2.45, 2.75) is 19.9 Å². The van der Waals surface area contributed by atoms with E-state index >= 15 is 0 Å². The van der Waals surface area contributed by atoms with Crippen LogP contribution < -0.4 is 11.2 Å². The van der Waals surface area contributed by atoms with Gasteiger partial charge < -0.3 is 0 Å². The lowest BCUT2D eigenvalue weighted by molar-refractivity contribution is 0.123. The molecule has 4 nitrogen and oxygen atoms in total. The van der Waals surface area contributed by atoms with Gasteiger partial charge in [-0.05, 0) is 17.9 Å². The first-order valence-corrected chi connectivity index (χ1v) is 5.37. The van der Waals surface area contributed by atoms with Crippen LogP contribution in [0.1, 0.15) is 5.56 Å². The minimum atomic E-state index is -2.73. The van der Waals surface area contributed by atoms with E-state index in [2.05, 4.69) is 4.98 Å². The molecular formula is C9H8F2N2O2S.